The summed E-state index contributed by atoms with van der Waals surface area (Å²) >= 11 is 0. The van der Waals surface area contributed by atoms with E-state index in [4.69, 9.17) is 4.98 Å². The highest BCUT2D eigenvalue weighted by atomic mass is 16.1. The van der Waals surface area contributed by atoms with E-state index in [1.165, 1.54) is 36.0 Å². The molecule has 1 saturated heterocycles. The summed E-state index contributed by atoms with van der Waals surface area (Å²) in [7, 11) is 0. The summed E-state index contributed by atoms with van der Waals surface area (Å²) in [6.45, 7) is 6.38. The van der Waals surface area contributed by atoms with E-state index < -0.39 is 0 Å². The average molecular weight is 477 g/mol. The fourth-order valence-corrected chi connectivity index (χ4v) is 5.31. The first-order chi connectivity index (χ1) is 17.5. The Bertz CT molecular complexity index is 1410. The number of ketones is 1. The molecule has 0 unspecified atom stereocenters. The molecule has 4 aromatic rings. The van der Waals surface area contributed by atoms with Gasteiger partial charge in [-0.05, 0) is 81.3 Å². The van der Waals surface area contributed by atoms with Crippen molar-refractivity contribution in [2.75, 3.05) is 23.3 Å². The molecule has 2 aromatic carbocycles. The van der Waals surface area contributed by atoms with Gasteiger partial charge in [0.05, 0.1) is 28.7 Å². The van der Waals surface area contributed by atoms with Gasteiger partial charge >= 0.3 is 0 Å². The first kappa shape index (κ1) is 22.7. The maximum Gasteiger partial charge on any atom is 0.169 e. The summed E-state index contributed by atoms with van der Waals surface area (Å²) in [6.07, 6.45) is 9.30. The summed E-state index contributed by atoms with van der Waals surface area (Å²) in [5, 5.41) is 4.53. The van der Waals surface area contributed by atoms with Crippen LogP contribution in [-0.2, 0) is 0 Å². The number of Topliss-reactive ketones (excluding diaryl/α,β-unsaturated/α-hetero) is 1. The molecule has 0 spiro atoms. The van der Waals surface area contributed by atoms with E-state index in [0.29, 0.717) is 5.56 Å². The zero-order valence-electron chi connectivity index (χ0n) is 21.1. The van der Waals surface area contributed by atoms with Gasteiger partial charge in [-0.2, -0.15) is 0 Å². The molecule has 0 amide bonds. The SMILES string of the molecule is Cc1cc(C)cc(-c2ccc3ncc(C(=O)C4CC4)c(Nc4ccc(N5CCCCC5)nc4)c3c2)c1. The molecule has 1 aliphatic heterocycles. The number of aryl methyl sites for hydroxylation is 2. The van der Waals surface area contributed by atoms with Crippen LogP contribution in [0.25, 0.3) is 22.0 Å². The number of hydrogen-bond donors (Lipinski definition) is 1. The van der Waals surface area contributed by atoms with Crippen molar-refractivity contribution in [2.45, 2.75) is 46.0 Å². The molecule has 3 heterocycles. The number of piperidine rings is 1. The fraction of sp³-hybridized carbons (Fsp3) is 0.323. The third-order valence-electron chi connectivity index (χ3n) is 7.33. The van der Waals surface area contributed by atoms with Gasteiger partial charge in [-0.15, -0.1) is 0 Å². The Morgan fingerprint density at radius 2 is 1.64 bits per heavy atom. The molecule has 0 atom stereocenters. The molecule has 2 aliphatic rings. The number of rotatable bonds is 6. The Labute approximate surface area is 212 Å². The van der Waals surface area contributed by atoms with Gasteiger partial charge in [-0.3, -0.25) is 9.78 Å². The second-order valence-corrected chi connectivity index (χ2v) is 10.4. The lowest BCUT2D eigenvalue weighted by atomic mass is 9.97. The number of carbonyl (C=O) groups is 1. The molecule has 1 N–H and O–H groups in total. The van der Waals surface area contributed by atoms with Crippen molar-refractivity contribution in [2.24, 2.45) is 5.92 Å². The highest BCUT2D eigenvalue weighted by Crippen LogP contribution is 2.38. The average Bonchev–Trinajstić information content (AvgIpc) is 3.74. The molecule has 5 heteroatoms. The van der Waals surface area contributed by atoms with Crippen LogP contribution >= 0.6 is 0 Å². The summed E-state index contributed by atoms with van der Waals surface area (Å²) in [6, 6.07) is 17.1. The van der Waals surface area contributed by atoms with Crippen molar-refractivity contribution >= 4 is 33.9 Å². The van der Waals surface area contributed by atoms with E-state index in [-0.39, 0.29) is 11.7 Å². The molecule has 0 radical (unpaired) electrons. The van der Waals surface area contributed by atoms with E-state index in [9.17, 15) is 4.79 Å². The second-order valence-electron chi connectivity index (χ2n) is 10.4. The predicted octanol–water partition coefficient (Wildman–Crippen LogP) is 7.24. The number of nitrogens with zero attached hydrogens (tertiary/aromatic N) is 3. The van der Waals surface area contributed by atoms with Crippen LogP contribution in [0.5, 0.6) is 0 Å². The lowest BCUT2D eigenvalue weighted by Gasteiger charge is -2.27. The Morgan fingerprint density at radius 3 is 2.33 bits per heavy atom. The van der Waals surface area contributed by atoms with Crippen molar-refractivity contribution in [3.05, 3.63) is 77.6 Å². The van der Waals surface area contributed by atoms with Crippen LogP contribution in [0.4, 0.5) is 17.2 Å². The first-order valence-corrected chi connectivity index (χ1v) is 13.1. The smallest absolute Gasteiger partial charge is 0.169 e. The van der Waals surface area contributed by atoms with Crippen molar-refractivity contribution in [1.29, 1.82) is 0 Å². The minimum atomic E-state index is 0.118. The zero-order valence-corrected chi connectivity index (χ0v) is 21.1. The lowest BCUT2D eigenvalue weighted by Crippen LogP contribution is -2.29. The number of anilines is 3. The van der Waals surface area contributed by atoms with Crippen molar-refractivity contribution < 1.29 is 4.79 Å². The normalized spacial score (nSPS) is 15.8. The molecule has 36 heavy (non-hydrogen) atoms. The van der Waals surface area contributed by atoms with Gasteiger partial charge < -0.3 is 10.2 Å². The van der Waals surface area contributed by atoms with Crippen molar-refractivity contribution in [3.8, 4) is 11.1 Å². The number of hydrogen-bond acceptors (Lipinski definition) is 5. The van der Waals surface area contributed by atoms with Gasteiger partial charge in [0.25, 0.3) is 0 Å². The van der Waals surface area contributed by atoms with Gasteiger partial charge in [-0.25, -0.2) is 4.98 Å². The number of carbonyl (C=O) groups excluding carboxylic acids is 1. The monoisotopic (exact) mass is 476 g/mol. The summed E-state index contributed by atoms with van der Waals surface area (Å²) in [5.74, 6) is 1.32. The number of aromatic nitrogens is 2. The maximum absolute atomic E-state index is 13.3. The van der Waals surface area contributed by atoms with Crippen LogP contribution in [0.15, 0.2) is 60.9 Å². The van der Waals surface area contributed by atoms with Crippen LogP contribution in [-0.4, -0.2) is 28.8 Å². The van der Waals surface area contributed by atoms with Crippen molar-refractivity contribution in [1.82, 2.24) is 9.97 Å². The lowest BCUT2D eigenvalue weighted by molar-refractivity contribution is 0.0968. The number of fused-ring (bicyclic) bond motifs is 1. The molecule has 5 nitrogen and oxygen atoms in total. The molecule has 1 aliphatic carbocycles. The van der Waals surface area contributed by atoms with Crippen molar-refractivity contribution in [3.63, 3.8) is 0 Å². The molecular weight excluding hydrogens is 444 g/mol. The molecule has 182 valence electrons. The van der Waals surface area contributed by atoms with E-state index in [0.717, 1.165) is 59.6 Å². The molecule has 2 fully saturated rings. The molecule has 0 bridgehead atoms. The standard InChI is InChI=1S/C31H32N4O/c1-20-14-21(2)16-24(15-20)23-8-10-28-26(17-23)30(27(19-32-28)31(36)22-6-7-22)34-25-9-11-29(33-18-25)35-12-4-3-5-13-35/h8-11,14-19,22H,3-7,12-13H2,1-2H3,(H,32,34). The predicted molar refractivity (Wildman–Crippen MR) is 147 cm³/mol. The summed E-state index contributed by atoms with van der Waals surface area (Å²) in [4.78, 5) is 25.0. The summed E-state index contributed by atoms with van der Waals surface area (Å²) in [5.41, 5.74) is 8.01. The molecular formula is C31H32N4O. The molecule has 2 aromatic heterocycles. The Morgan fingerprint density at radius 1 is 0.861 bits per heavy atom. The highest BCUT2D eigenvalue weighted by Gasteiger charge is 2.32. The molecule has 1 saturated carbocycles. The second kappa shape index (κ2) is 9.38. The van der Waals surface area contributed by atoms with Crippen LogP contribution < -0.4 is 10.2 Å². The van der Waals surface area contributed by atoms with Gasteiger partial charge in [0.2, 0.25) is 0 Å². The Hall–Kier alpha value is -3.73. The van der Waals surface area contributed by atoms with Gasteiger partial charge in [0, 0.05) is 30.6 Å². The summed E-state index contributed by atoms with van der Waals surface area (Å²) < 4.78 is 0. The first-order valence-electron chi connectivity index (χ1n) is 13.1. The Kier molecular flexibility index (Phi) is 5.92. The minimum absolute atomic E-state index is 0.118. The van der Waals surface area contributed by atoms with Crippen LogP contribution in [0, 0.1) is 19.8 Å². The van der Waals surface area contributed by atoms with Gasteiger partial charge in [0.1, 0.15) is 5.82 Å². The topological polar surface area (TPSA) is 58.1 Å². The van der Waals surface area contributed by atoms with Crippen LogP contribution in [0.1, 0.15) is 53.6 Å². The fourth-order valence-electron chi connectivity index (χ4n) is 5.31. The van der Waals surface area contributed by atoms with Gasteiger partial charge in [0.15, 0.2) is 5.78 Å². The number of nitrogens with one attached hydrogen (secondary N) is 1. The number of benzene rings is 2. The molecule has 6 rings (SSSR count). The zero-order chi connectivity index (χ0) is 24.6. The van der Waals surface area contributed by atoms with E-state index in [1.807, 2.05) is 6.20 Å². The van der Waals surface area contributed by atoms with Crippen LogP contribution in [0.2, 0.25) is 0 Å². The minimum Gasteiger partial charge on any atom is -0.357 e. The highest BCUT2D eigenvalue weighted by molar-refractivity contribution is 6.11. The largest absolute Gasteiger partial charge is 0.357 e. The third-order valence-corrected chi connectivity index (χ3v) is 7.33. The Balaban J connectivity index is 1.42. The van der Waals surface area contributed by atoms with E-state index >= 15 is 0 Å². The van der Waals surface area contributed by atoms with Gasteiger partial charge in [-0.1, -0.05) is 35.4 Å². The number of pyridine rings is 2. The third kappa shape index (κ3) is 4.58. The quantitative estimate of drug-likeness (QED) is 0.297. The maximum atomic E-state index is 13.3. The van der Waals surface area contributed by atoms with E-state index in [1.54, 1.807) is 6.20 Å². The van der Waals surface area contributed by atoms with E-state index in [2.05, 4.69) is 77.6 Å². The van der Waals surface area contributed by atoms with Crippen LogP contribution in [0.3, 0.4) is 0 Å².